The van der Waals surface area contributed by atoms with E-state index >= 15 is 0 Å². The van der Waals surface area contributed by atoms with Gasteiger partial charge in [-0.2, -0.15) is 13.5 Å². The quantitative estimate of drug-likeness (QED) is 0.252. The molecule has 0 radical (unpaired) electrons. The minimum absolute atomic E-state index is 0.00867. The number of nitrogens with one attached hydrogen (secondary N) is 1. The fraction of sp³-hybridized carbons (Fsp3) is 0.136. The van der Waals surface area contributed by atoms with Crippen LogP contribution in [0.5, 0.6) is 17.2 Å². The highest BCUT2D eigenvalue weighted by Crippen LogP contribution is 2.38. The SMILES string of the molecule is CCOc1cc(/C=N\NC(=O)c2ccncc2)cc(Br)c1OS(=O)(=O)c1ccc(OC)cc1. The molecular weight excluding hydrogens is 514 g/mol. The maximum absolute atomic E-state index is 12.8. The number of halogens is 1. The Kier molecular flexibility index (Phi) is 8.01. The summed E-state index contributed by atoms with van der Waals surface area (Å²) in [7, 11) is -2.65. The number of pyridine rings is 1. The van der Waals surface area contributed by atoms with E-state index in [0.29, 0.717) is 21.3 Å². The Morgan fingerprint density at radius 3 is 2.48 bits per heavy atom. The van der Waals surface area contributed by atoms with Crippen molar-refractivity contribution in [1.29, 1.82) is 0 Å². The van der Waals surface area contributed by atoms with Crippen LogP contribution in [0.4, 0.5) is 0 Å². The number of aromatic nitrogens is 1. The number of amides is 1. The van der Waals surface area contributed by atoms with Crippen molar-refractivity contribution in [1.82, 2.24) is 10.4 Å². The van der Waals surface area contributed by atoms with Gasteiger partial charge in [0.1, 0.15) is 10.6 Å². The molecule has 0 aliphatic rings. The maximum Gasteiger partial charge on any atom is 0.339 e. The number of benzene rings is 2. The zero-order chi connectivity index (χ0) is 23.8. The molecule has 0 saturated carbocycles. The van der Waals surface area contributed by atoms with E-state index in [-0.39, 0.29) is 23.0 Å². The predicted molar refractivity (Wildman–Crippen MR) is 125 cm³/mol. The summed E-state index contributed by atoms with van der Waals surface area (Å²) >= 11 is 3.33. The van der Waals surface area contributed by atoms with Crippen LogP contribution in [-0.4, -0.2) is 39.2 Å². The third-order valence-electron chi connectivity index (χ3n) is 4.20. The van der Waals surface area contributed by atoms with E-state index in [1.807, 2.05) is 0 Å². The van der Waals surface area contributed by atoms with Gasteiger partial charge in [-0.05, 0) is 76.9 Å². The number of rotatable bonds is 9. The second-order valence-electron chi connectivity index (χ2n) is 6.41. The first-order chi connectivity index (χ1) is 15.8. The summed E-state index contributed by atoms with van der Waals surface area (Å²) in [6.07, 6.45) is 4.40. The number of hydrazone groups is 1. The van der Waals surface area contributed by atoms with Gasteiger partial charge in [-0.25, -0.2) is 5.43 Å². The maximum atomic E-state index is 12.8. The third-order valence-corrected chi connectivity index (χ3v) is 6.02. The smallest absolute Gasteiger partial charge is 0.339 e. The van der Waals surface area contributed by atoms with Crippen LogP contribution in [0.15, 0.2) is 75.4 Å². The minimum atomic E-state index is -4.13. The predicted octanol–water partition coefficient (Wildman–Crippen LogP) is 3.78. The molecule has 0 fully saturated rings. The minimum Gasteiger partial charge on any atom is -0.497 e. The van der Waals surface area contributed by atoms with E-state index in [4.69, 9.17) is 13.7 Å². The lowest BCUT2D eigenvalue weighted by atomic mass is 10.2. The molecule has 11 heteroatoms. The first kappa shape index (κ1) is 24.2. The van der Waals surface area contributed by atoms with E-state index in [9.17, 15) is 13.2 Å². The number of carbonyl (C=O) groups is 1. The molecule has 0 spiro atoms. The van der Waals surface area contributed by atoms with Crippen LogP contribution in [0.3, 0.4) is 0 Å². The van der Waals surface area contributed by atoms with Crippen molar-refractivity contribution in [2.75, 3.05) is 13.7 Å². The summed E-state index contributed by atoms with van der Waals surface area (Å²) in [4.78, 5) is 15.9. The molecule has 0 saturated heterocycles. The van der Waals surface area contributed by atoms with Crippen LogP contribution < -0.4 is 19.1 Å². The Bertz CT molecular complexity index is 1250. The third kappa shape index (κ3) is 6.30. The molecule has 9 nitrogen and oxygen atoms in total. The lowest BCUT2D eigenvalue weighted by Gasteiger charge is -2.14. The highest BCUT2D eigenvalue weighted by atomic mass is 79.9. The average molecular weight is 534 g/mol. The van der Waals surface area contributed by atoms with Crippen LogP contribution in [0.1, 0.15) is 22.8 Å². The van der Waals surface area contributed by atoms with Crippen LogP contribution in [-0.2, 0) is 10.1 Å². The number of carbonyl (C=O) groups excluding carboxylic acids is 1. The zero-order valence-corrected chi connectivity index (χ0v) is 20.1. The topological polar surface area (TPSA) is 116 Å². The molecule has 0 atom stereocenters. The number of hydrogen-bond acceptors (Lipinski definition) is 8. The molecule has 3 aromatic rings. The van der Waals surface area contributed by atoms with Crippen LogP contribution in [0.25, 0.3) is 0 Å². The second-order valence-corrected chi connectivity index (χ2v) is 8.81. The molecule has 0 bridgehead atoms. The molecule has 1 aromatic heterocycles. The Labute approximate surface area is 199 Å². The van der Waals surface area contributed by atoms with Gasteiger partial charge >= 0.3 is 10.1 Å². The van der Waals surface area contributed by atoms with Gasteiger partial charge < -0.3 is 13.7 Å². The van der Waals surface area contributed by atoms with E-state index in [2.05, 4.69) is 31.4 Å². The molecule has 0 unspecified atom stereocenters. The van der Waals surface area contributed by atoms with Crippen molar-refractivity contribution in [2.45, 2.75) is 11.8 Å². The summed E-state index contributed by atoms with van der Waals surface area (Å²) in [5.41, 5.74) is 3.36. The summed E-state index contributed by atoms with van der Waals surface area (Å²) in [6.45, 7) is 2.02. The van der Waals surface area contributed by atoms with Crippen molar-refractivity contribution in [3.63, 3.8) is 0 Å². The molecule has 33 heavy (non-hydrogen) atoms. The summed E-state index contributed by atoms with van der Waals surface area (Å²) in [6, 6.07) is 12.1. The second kappa shape index (κ2) is 10.9. The summed E-state index contributed by atoms with van der Waals surface area (Å²) < 4.78 is 41.8. The summed E-state index contributed by atoms with van der Waals surface area (Å²) in [5, 5.41) is 3.94. The summed E-state index contributed by atoms with van der Waals surface area (Å²) in [5.74, 6) is 0.296. The number of hydrogen-bond donors (Lipinski definition) is 1. The van der Waals surface area contributed by atoms with Gasteiger partial charge in [-0.1, -0.05) is 0 Å². The van der Waals surface area contributed by atoms with Gasteiger partial charge in [0.2, 0.25) is 0 Å². The fourth-order valence-electron chi connectivity index (χ4n) is 2.64. The Morgan fingerprint density at radius 2 is 1.85 bits per heavy atom. The largest absolute Gasteiger partial charge is 0.497 e. The molecule has 1 heterocycles. The van der Waals surface area contributed by atoms with Gasteiger partial charge in [-0.3, -0.25) is 9.78 Å². The molecule has 1 amide bonds. The van der Waals surface area contributed by atoms with Crippen molar-refractivity contribution in [3.8, 4) is 17.2 Å². The normalized spacial score (nSPS) is 11.2. The highest BCUT2D eigenvalue weighted by molar-refractivity contribution is 9.10. The van der Waals surface area contributed by atoms with Crippen LogP contribution in [0.2, 0.25) is 0 Å². The van der Waals surface area contributed by atoms with E-state index in [1.165, 1.54) is 50.0 Å². The molecule has 0 aliphatic heterocycles. The van der Waals surface area contributed by atoms with Gasteiger partial charge in [0.25, 0.3) is 5.91 Å². The van der Waals surface area contributed by atoms with Gasteiger partial charge in [0.05, 0.1) is 24.4 Å². The van der Waals surface area contributed by atoms with Crippen LogP contribution in [0, 0.1) is 0 Å². The van der Waals surface area contributed by atoms with E-state index in [0.717, 1.165) is 0 Å². The molecule has 0 aliphatic carbocycles. The van der Waals surface area contributed by atoms with E-state index in [1.54, 1.807) is 31.2 Å². The number of methoxy groups -OCH3 is 1. The first-order valence-electron chi connectivity index (χ1n) is 9.62. The van der Waals surface area contributed by atoms with Crippen molar-refractivity contribution >= 4 is 38.2 Å². The standard InChI is InChI=1S/C22H20BrN3O6S/c1-3-31-20-13-15(14-25-26-22(27)16-8-10-24-11-9-16)12-19(23)21(20)32-33(28,29)18-6-4-17(30-2)5-7-18/h4-14H,3H2,1-2H3,(H,26,27)/b25-14-. The molecule has 2 aromatic carbocycles. The van der Waals surface area contributed by atoms with Gasteiger partial charge in [0.15, 0.2) is 11.5 Å². The Morgan fingerprint density at radius 1 is 1.15 bits per heavy atom. The first-order valence-corrected chi connectivity index (χ1v) is 11.8. The van der Waals surface area contributed by atoms with Crippen molar-refractivity contribution in [3.05, 3.63) is 76.5 Å². The molecule has 3 rings (SSSR count). The van der Waals surface area contributed by atoms with Crippen molar-refractivity contribution < 1.29 is 26.9 Å². The van der Waals surface area contributed by atoms with Crippen molar-refractivity contribution in [2.24, 2.45) is 5.10 Å². The lowest BCUT2D eigenvalue weighted by molar-refractivity contribution is 0.0955. The molecular formula is C22H20BrN3O6S. The zero-order valence-electron chi connectivity index (χ0n) is 17.7. The molecule has 172 valence electrons. The van der Waals surface area contributed by atoms with Gasteiger partial charge in [-0.15, -0.1) is 0 Å². The average Bonchev–Trinajstić information content (AvgIpc) is 2.82. The Hall–Kier alpha value is -3.44. The fourth-order valence-corrected chi connectivity index (χ4v) is 4.24. The Balaban J connectivity index is 1.82. The van der Waals surface area contributed by atoms with E-state index < -0.39 is 16.0 Å². The highest BCUT2D eigenvalue weighted by Gasteiger charge is 2.22. The monoisotopic (exact) mass is 533 g/mol. The number of ether oxygens (including phenoxy) is 2. The van der Waals surface area contributed by atoms with Gasteiger partial charge in [0, 0.05) is 18.0 Å². The number of nitrogens with zero attached hydrogens (tertiary/aromatic N) is 2. The molecule has 1 N–H and O–H groups in total. The van der Waals surface area contributed by atoms with Crippen LogP contribution >= 0.6 is 15.9 Å². The lowest BCUT2D eigenvalue weighted by Crippen LogP contribution is -2.17.